The molecular weight excluding hydrogens is 356 g/mol. The highest BCUT2D eigenvalue weighted by Gasteiger charge is 2.27. The zero-order chi connectivity index (χ0) is 19.8. The lowest BCUT2D eigenvalue weighted by atomic mass is 10.1. The lowest BCUT2D eigenvalue weighted by molar-refractivity contribution is -1.00. The number of para-hydroxylation sites is 1. The van der Waals surface area contributed by atoms with E-state index in [0.717, 1.165) is 63.3 Å². The van der Waals surface area contributed by atoms with Gasteiger partial charge in [0.25, 0.3) is 11.8 Å². The first-order chi connectivity index (χ1) is 13.6. The smallest absolute Gasteiger partial charge is 0.279 e. The molecule has 0 spiro atoms. The Morgan fingerprint density at radius 1 is 1.07 bits per heavy atom. The average Bonchev–Trinajstić information content (AvgIpc) is 3.22. The number of nitrogens with one attached hydrogen (secondary N) is 4. The Kier molecular flexibility index (Phi) is 7.82. The van der Waals surface area contributed by atoms with Gasteiger partial charge in [-0.05, 0) is 30.9 Å². The van der Waals surface area contributed by atoms with Crippen molar-refractivity contribution in [1.82, 2.24) is 5.32 Å². The van der Waals surface area contributed by atoms with Crippen LogP contribution in [-0.4, -0.2) is 70.3 Å². The molecule has 2 amide bonds. The van der Waals surface area contributed by atoms with Gasteiger partial charge in [0.2, 0.25) is 0 Å². The highest BCUT2D eigenvalue weighted by atomic mass is 16.5. The summed E-state index contributed by atoms with van der Waals surface area (Å²) >= 11 is 0. The first kappa shape index (κ1) is 20.8. The van der Waals surface area contributed by atoms with E-state index in [1.54, 1.807) is 0 Å². The van der Waals surface area contributed by atoms with Crippen LogP contribution in [0.3, 0.4) is 0 Å². The highest BCUT2D eigenvalue weighted by molar-refractivity contribution is 5.92. The maximum Gasteiger partial charge on any atom is 0.279 e. The van der Waals surface area contributed by atoms with Crippen LogP contribution in [0.4, 0.5) is 5.69 Å². The Balaban J connectivity index is 1.34. The van der Waals surface area contributed by atoms with Crippen LogP contribution in [0, 0.1) is 0 Å². The summed E-state index contributed by atoms with van der Waals surface area (Å²) in [4.78, 5) is 27.1. The number of amides is 2. The molecule has 2 saturated heterocycles. The molecule has 2 heterocycles. The standard InChI is InChI=1S/C21H32N4O3/c1-2-17-6-3-4-8-19(17)23-21(27)16-25-11-9-24(10-12-25)15-20(26)22-14-18-7-5-13-28-18/h3-4,6,8,18H,2,5,7,9-16H2,1H3,(H,22,26)(H,23,27)/p+2/t18-/m1/s1. The molecule has 0 unspecified atom stereocenters. The molecule has 1 aromatic rings. The van der Waals surface area contributed by atoms with Gasteiger partial charge >= 0.3 is 0 Å². The maximum absolute atomic E-state index is 12.4. The predicted molar refractivity (Wildman–Crippen MR) is 108 cm³/mol. The number of carbonyl (C=O) groups excluding carboxylic acids is 2. The molecule has 2 fully saturated rings. The average molecular weight is 391 g/mol. The number of ether oxygens (including phenoxy) is 1. The van der Waals surface area contributed by atoms with E-state index in [2.05, 4.69) is 23.6 Å². The van der Waals surface area contributed by atoms with Gasteiger partial charge in [0, 0.05) is 18.8 Å². The molecule has 2 aliphatic rings. The third kappa shape index (κ3) is 6.29. The molecule has 0 aromatic heterocycles. The van der Waals surface area contributed by atoms with Gasteiger partial charge in [-0.25, -0.2) is 0 Å². The van der Waals surface area contributed by atoms with Crippen LogP contribution < -0.4 is 20.4 Å². The van der Waals surface area contributed by atoms with Gasteiger partial charge in [0.15, 0.2) is 13.1 Å². The Labute approximate surface area is 167 Å². The number of rotatable bonds is 8. The van der Waals surface area contributed by atoms with Gasteiger partial charge in [-0.2, -0.15) is 0 Å². The van der Waals surface area contributed by atoms with Gasteiger partial charge in [-0.3, -0.25) is 9.59 Å². The summed E-state index contributed by atoms with van der Waals surface area (Å²) in [7, 11) is 0. The zero-order valence-corrected chi connectivity index (χ0v) is 16.9. The van der Waals surface area contributed by atoms with Gasteiger partial charge in [-0.1, -0.05) is 25.1 Å². The Morgan fingerprint density at radius 2 is 1.75 bits per heavy atom. The van der Waals surface area contributed by atoms with E-state index in [0.29, 0.717) is 19.6 Å². The van der Waals surface area contributed by atoms with Crippen molar-refractivity contribution >= 4 is 17.5 Å². The molecule has 7 nitrogen and oxygen atoms in total. The number of hydrogen-bond acceptors (Lipinski definition) is 3. The van der Waals surface area contributed by atoms with Crippen LogP contribution in [0.5, 0.6) is 0 Å². The second-order valence-corrected chi connectivity index (χ2v) is 7.85. The van der Waals surface area contributed by atoms with Crippen LogP contribution in [-0.2, 0) is 20.7 Å². The number of quaternary nitrogens is 2. The predicted octanol–water partition coefficient (Wildman–Crippen LogP) is -1.73. The molecule has 0 radical (unpaired) electrons. The molecule has 3 rings (SSSR count). The fourth-order valence-corrected chi connectivity index (χ4v) is 4.01. The Hall–Kier alpha value is -1.96. The number of hydrogen-bond donors (Lipinski definition) is 4. The third-order valence-electron chi connectivity index (χ3n) is 5.71. The summed E-state index contributed by atoms with van der Waals surface area (Å²) in [5.41, 5.74) is 2.08. The lowest BCUT2D eigenvalue weighted by Crippen LogP contribution is -3.28. The largest absolute Gasteiger partial charge is 0.376 e. The Morgan fingerprint density at radius 3 is 2.39 bits per heavy atom. The molecule has 154 valence electrons. The molecule has 28 heavy (non-hydrogen) atoms. The third-order valence-corrected chi connectivity index (χ3v) is 5.71. The van der Waals surface area contributed by atoms with Crippen molar-refractivity contribution in [2.75, 3.05) is 57.7 Å². The van der Waals surface area contributed by atoms with Crippen molar-refractivity contribution in [1.29, 1.82) is 0 Å². The second-order valence-electron chi connectivity index (χ2n) is 7.85. The monoisotopic (exact) mass is 390 g/mol. The minimum absolute atomic E-state index is 0.0636. The molecular formula is C21H34N4O3+2. The normalized spacial score (nSPS) is 24.7. The minimum Gasteiger partial charge on any atom is -0.376 e. The fraction of sp³-hybridized carbons (Fsp3) is 0.619. The van der Waals surface area contributed by atoms with Gasteiger partial charge in [0.05, 0.1) is 6.10 Å². The van der Waals surface area contributed by atoms with Crippen molar-refractivity contribution in [2.45, 2.75) is 32.3 Å². The fourth-order valence-electron chi connectivity index (χ4n) is 4.01. The number of carbonyl (C=O) groups is 2. The van der Waals surface area contributed by atoms with Gasteiger partial charge in [-0.15, -0.1) is 0 Å². The van der Waals surface area contributed by atoms with Crippen molar-refractivity contribution < 1.29 is 24.1 Å². The molecule has 1 aromatic carbocycles. The van der Waals surface area contributed by atoms with Gasteiger partial charge in [0.1, 0.15) is 26.2 Å². The number of aryl methyl sites for hydroxylation is 1. The van der Waals surface area contributed by atoms with E-state index >= 15 is 0 Å². The summed E-state index contributed by atoms with van der Waals surface area (Å²) in [6, 6.07) is 7.96. The van der Waals surface area contributed by atoms with E-state index in [9.17, 15) is 9.59 Å². The van der Waals surface area contributed by atoms with Crippen molar-refractivity contribution in [3.63, 3.8) is 0 Å². The quantitative estimate of drug-likeness (QED) is 0.426. The van der Waals surface area contributed by atoms with Gasteiger partial charge < -0.3 is 25.2 Å². The molecule has 0 saturated carbocycles. The number of benzene rings is 1. The summed E-state index contributed by atoms with van der Waals surface area (Å²) in [6.07, 6.45) is 3.23. The van der Waals surface area contributed by atoms with Crippen molar-refractivity contribution in [2.24, 2.45) is 0 Å². The summed E-state index contributed by atoms with van der Waals surface area (Å²) in [5, 5.41) is 6.05. The van der Waals surface area contributed by atoms with E-state index < -0.39 is 0 Å². The molecule has 2 aliphatic heterocycles. The van der Waals surface area contributed by atoms with Crippen LogP contribution in [0.15, 0.2) is 24.3 Å². The van der Waals surface area contributed by atoms with E-state index in [1.165, 1.54) is 9.80 Å². The van der Waals surface area contributed by atoms with E-state index in [-0.39, 0.29) is 17.9 Å². The van der Waals surface area contributed by atoms with Crippen LogP contribution in [0.25, 0.3) is 0 Å². The summed E-state index contributed by atoms with van der Waals surface area (Å²) in [5.74, 6) is 0.163. The number of anilines is 1. The SMILES string of the molecule is CCc1ccccc1NC(=O)C[NH+]1CC[NH+](CC(=O)NC[C@H]2CCCO2)CC1. The second kappa shape index (κ2) is 10.5. The van der Waals surface area contributed by atoms with Crippen molar-refractivity contribution in [3.05, 3.63) is 29.8 Å². The summed E-state index contributed by atoms with van der Waals surface area (Å²) in [6.45, 7) is 8.19. The zero-order valence-electron chi connectivity index (χ0n) is 16.9. The van der Waals surface area contributed by atoms with Crippen LogP contribution in [0.2, 0.25) is 0 Å². The minimum atomic E-state index is 0.0636. The highest BCUT2D eigenvalue weighted by Crippen LogP contribution is 2.14. The first-order valence-electron chi connectivity index (χ1n) is 10.6. The molecule has 0 aliphatic carbocycles. The van der Waals surface area contributed by atoms with Crippen molar-refractivity contribution in [3.8, 4) is 0 Å². The Bertz CT molecular complexity index is 653. The lowest BCUT2D eigenvalue weighted by Gasteiger charge is -2.29. The first-order valence-corrected chi connectivity index (χ1v) is 10.6. The molecule has 7 heteroatoms. The van der Waals surface area contributed by atoms with E-state index in [4.69, 9.17) is 4.74 Å². The number of piperazine rings is 1. The van der Waals surface area contributed by atoms with Crippen LogP contribution >= 0.6 is 0 Å². The molecule has 0 bridgehead atoms. The maximum atomic E-state index is 12.4. The van der Waals surface area contributed by atoms with Crippen LogP contribution in [0.1, 0.15) is 25.3 Å². The summed E-state index contributed by atoms with van der Waals surface area (Å²) < 4.78 is 5.54. The molecule has 4 N–H and O–H groups in total. The van der Waals surface area contributed by atoms with E-state index in [1.807, 2.05) is 18.2 Å². The molecule has 1 atom stereocenters. The topological polar surface area (TPSA) is 76.3 Å².